The fraction of sp³-hybridized carbons (Fsp3) is 0.278. The highest BCUT2D eigenvalue weighted by Crippen LogP contribution is 2.35. The van der Waals surface area contributed by atoms with Gasteiger partial charge in [0.25, 0.3) is 0 Å². The number of amides is 1. The van der Waals surface area contributed by atoms with Gasteiger partial charge in [-0.1, -0.05) is 24.3 Å². The lowest BCUT2D eigenvalue weighted by Gasteiger charge is -2.14. The number of para-hydroxylation sites is 1. The van der Waals surface area contributed by atoms with Gasteiger partial charge in [0, 0.05) is 25.7 Å². The van der Waals surface area contributed by atoms with Gasteiger partial charge < -0.3 is 15.4 Å². The Hall–Kier alpha value is -2.54. The van der Waals surface area contributed by atoms with Crippen molar-refractivity contribution >= 4 is 11.6 Å². The summed E-state index contributed by atoms with van der Waals surface area (Å²) >= 11 is 0. The zero-order chi connectivity index (χ0) is 18.3. The van der Waals surface area contributed by atoms with Crippen LogP contribution >= 0.6 is 0 Å². The molecule has 0 heterocycles. The predicted molar refractivity (Wildman–Crippen MR) is 89.4 cm³/mol. The summed E-state index contributed by atoms with van der Waals surface area (Å²) in [7, 11) is 0. The molecule has 1 amide bonds. The van der Waals surface area contributed by atoms with Crippen LogP contribution in [-0.4, -0.2) is 19.1 Å². The quantitative estimate of drug-likeness (QED) is 0.745. The largest absolute Gasteiger partial charge is 0.492 e. The molecule has 7 heteroatoms. The maximum Gasteiger partial charge on any atom is 0.419 e. The van der Waals surface area contributed by atoms with Crippen molar-refractivity contribution in [1.82, 2.24) is 5.32 Å². The maximum absolute atomic E-state index is 12.8. The molecule has 0 aliphatic rings. The first-order chi connectivity index (χ1) is 11.9. The Kier molecular flexibility index (Phi) is 6.41. The molecular formula is C18H19F3N2O2. The van der Waals surface area contributed by atoms with Crippen molar-refractivity contribution in [2.75, 3.05) is 18.5 Å². The summed E-state index contributed by atoms with van der Waals surface area (Å²) in [5, 5.41) is 5.77. The molecule has 0 unspecified atom stereocenters. The number of ether oxygens (including phenoxy) is 1. The molecule has 2 rings (SSSR count). The van der Waals surface area contributed by atoms with Gasteiger partial charge in [-0.3, -0.25) is 4.79 Å². The Bertz CT molecular complexity index is 700. The summed E-state index contributed by atoms with van der Waals surface area (Å²) in [5.74, 6) is -0.307. The molecule has 2 aromatic carbocycles. The third kappa shape index (κ3) is 6.11. The second-order valence-electron chi connectivity index (χ2n) is 5.40. The number of carbonyl (C=O) groups excluding carboxylic acids is 1. The highest BCUT2D eigenvalue weighted by molar-refractivity contribution is 5.88. The molecule has 0 fully saturated rings. The lowest BCUT2D eigenvalue weighted by molar-refractivity contribution is -0.139. The SMILES string of the molecule is CC(=O)Nc1ccc(CNCCOc2ccccc2C(F)(F)F)cc1. The molecule has 0 aromatic heterocycles. The molecule has 0 aliphatic heterocycles. The van der Waals surface area contributed by atoms with Crippen molar-refractivity contribution in [1.29, 1.82) is 0 Å². The van der Waals surface area contributed by atoms with Crippen LogP contribution in [0.15, 0.2) is 48.5 Å². The first-order valence-corrected chi connectivity index (χ1v) is 7.72. The zero-order valence-electron chi connectivity index (χ0n) is 13.7. The van der Waals surface area contributed by atoms with E-state index in [1.165, 1.54) is 25.1 Å². The van der Waals surface area contributed by atoms with Gasteiger partial charge in [-0.05, 0) is 29.8 Å². The van der Waals surface area contributed by atoms with Crippen LogP contribution in [0.3, 0.4) is 0 Å². The molecule has 0 bridgehead atoms. The Morgan fingerprint density at radius 1 is 1.08 bits per heavy atom. The van der Waals surface area contributed by atoms with Crippen LogP contribution in [-0.2, 0) is 17.5 Å². The summed E-state index contributed by atoms with van der Waals surface area (Å²) in [5.41, 5.74) is 0.927. The maximum atomic E-state index is 12.8. The third-order valence-electron chi connectivity index (χ3n) is 3.33. The number of hydrogen-bond acceptors (Lipinski definition) is 3. The topological polar surface area (TPSA) is 50.4 Å². The monoisotopic (exact) mass is 352 g/mol. The number of carbonyl (C=O) groups is 1. The average molecular weight is 352 g/mol. The first kappa shape index (κ1) is 18.8. The molecule has 0 saturated heterocycles. The molecule has 2 N–H and O–H groups in total. The average Bonchev–Trinajstić information content (AvgIpc) is 2.55. The van der Waals surface area contributed by atoms with Gasteiger partial charge >= 0.3 is 6.18 Å². The van der Waals surface area contributed by atoms with Gasteiger partial charge in [0.05, 0.1) is 5.56 Å². The van der Waals surface area contributed by atoms with Gasteiger partial charge in [0.15, 0.2) is 0 Å². The molecule has 0 spiro atoms. The van der Waals surface area contributed by atoms with Crippen LogP contribution in [0.5, 0.6) is 5.75 Å². The minimum absolute atomic E-state index is 0.122. The van der Waals surface area contributed by atoms with Crippen molar-refractivity contribution in [3.63, 3.8) is 0 Å². The smallest absolute Gasteiger partial charge is 0.419 e. The molecule has 0 atom stereocenters. The molecule has 4 nitrogen and oxygen atoms in total. The van der Waals surface area contributed by atoms with Crippen molar-refractivity contribution in [3.05, 3.63) is 59.7 Å². The van der Waals surface area contributed by atoms with Crippen molar-refractivity contribution in [2.45, 2.75) is 19.6 Å². The fourth-order valence-electron chi connectivity index (χ4n) is 2.20. The molecule has 2 aromatic rings. The highest BCUT2D eigenvalue weighted by Gasteiger charge is 2.33. The minimum Gasteiger partial charge on any atom is -0.492 e. The van der Waals surface area contributed by atoms with Crippen molar-refractivity contribution < 1.29 is 22.7 Å². The normalized spacial score (nSPS) is 11.2. The van der Waals surface area contributed by atoms with Crippen LogP contribution in [0.1, 0.15) is 18.1 Å². The van der Waals surface area contributed by atoms with Gasteiger partial charge in [0.1, 0.15) is 12.4 Å². The number of rotatable bonds is 7. The van der Waals surface area contributed by atoms with E-state index in [1.54, 1.807) is 12.1 Å². The lowest BCUT2D eigenvalue weighted by atomic mass is 10.2. The highest BCUT2D eigenvalue weighted by atomic mass is 19.4. The first-order valence-electron chi connectivity index (χ1n) is 7.72. The molecule has 134 valence electrons. The van der Waals surface area contributed by atoms with Crippen LogP contribution in [0.25, 0.3) is 0 Å². The van der Waals surface area contributed by atoms with E-state index in [9.17, 15) is 18.0 Å². The van der Waals surface area contributed by atoms with Gasteiger partial charge in [0.2, 0.25) is 5.91 Å². The number of alkyl halides is 3. The molecule has 0 radical (unpaired) electrons. The Labute approximate surface area is 144 Å². The molecule has 0 saturated carbocycles. The molecule has 25 heavy (non-hydrogen) atoms. The number of halogens is 3. The van der Waals surface area contributed by atoms with E-state index in [-0.39, 0.29) is 18.3 Å². The fourth-order valence-corrected chi connectivity index (χ4v) is 2.20. The van der Waals surface area contributed by atoms with E-state index >= 15 is 0 Å². The van der Waals surface area contributed by atoms with Crippen LogP contribution in [0.4, 0.5) is 18.9 Å². The summed E-state index contributed by atoms with van der Waals surface area (Å²) in [4.78, 5) is 10.9. The number of benzene rings is 2. The van der Waals surface area contributed by atoms with E-state index in [1.807, 2.05) is 12.1 Å². The Morgan fingerprint density at radius 2 is 1.76 bits per heavy atom. The van der Waals surface area contributed by atoms with Crippen LogP contribution in [0.2, 0.25) is 0 Å². The minimum atomic E-state index is -4.43. The third-order valence-corrected chi connectivity index (χ3v) is 3.33. The molecular weight excluding hydrogens is 333 g/mol. The van der Waals surface area contributed by atoms with Gasteiger partial charge in [-0.15, -0.1) is 0 Å². The van der Waals surface area contributed by atoms with Crippen LogP contribution in [0, 0.1) is 0 Å². The van der Waals surface area contributed by atoms with Crippen molar-refractivity contribution in [3.8, 4) is 5.75 Å². The van der Waals surface area contributed by atoms with E-state index in [4.69, 9.17) is 4.74 Å². The van der Waals surface area contributed by atoms with Crippen LogP contribution < -0.4 is 15.4 Å². The Morgan fingerprint density at radius 3 is 2.40 bits per heavy atom. The van der Waals surface area contributed by atoms with E-state index < -0.39 is 11.7 Å². The van der Waals surface area contributed by atoms with E-state index in [0.717, 1.165) is 11.6 Å². The summed E-state index contributed by atoms with van der Waals surface area (Å²) < 4.78 is 43.7. The van der Waals surface area contributed by atoms with E-state index in [0.29, 0.717) is 18.8 Å². The second-order valence-corrected chi connectivity index (χ2v) is 5.40. The Balaban J connectivity index is 1.76. The lowest BCUT2D eigenvalue weighted by Crippen LogP contribution is -2.21. The number of nitrogens with one attached hydrogen (secondary N) is 2. The predicted octanol–water partition coefficient (Wildman–Crippen LogP) is 3.83. The zero-order valence-corrected chi connectivity index (χ0v) is 13.7. The number of anilines is 1. The summed E-state index contributed by atoms with van der Waals surface area (Å²) in [6.45, 7) is 2.51. The summed E-state index contributed by atoms with van der Waals surface area (Å²) in [6, 6.07) is 12.4. The molecule has 0 aliphatic carbocycles. The standard InChI is InChI=1S/C18H19F3N2O2/c1-13(24)23-15-8-6-14(7-9-15)12-22-10-11-25-17-5-3-2-4-16(17)18(19,20)21/h2-9,22H,10-12H2,1H3,(H,23,24). The van der Waals surface area contributed by atoms with Gasteiger partial charge in [-0.25, -0.2) is 0 Å². The second kappa shape index (κ2) is 8.53. The number of hydrogen-bond donors (Lipinski definition) is 2. The van der Waals surface area contributed by atoms with Crippen molar-refractivity contribution in [2.24, 2.45) is 0 Å². The van der Waals surface area contributed by atoms with E-state index in [2.05, 4.69) is 10.6 Å². The van der Waals surface area contributed by atoms with Gasteiger partial charge in [-0.2, -0.15) is 13.2 Å². The summed E-state index contributed by atoms with van der Waals surface area (Å²) in [6.07, 6.45) is -4.43.